The second kappa shape index (κ2) is 4.96. The molecule has 2 atom stereocenters. The van der Waals surface area contributed by atoms with E-state index in [0.29, 0.717) is 12.8 Å². The normalized spacial score (nSPS) is 24.6. The average Bonchev–Trinajstić information content (AvgIpc) is 2.79. The molecule has 2 rings (SSSR count). The number of carbonyl (C=O) groups is 2. The molecule has 0 radical (unpaired) electrons. The third-order valence-electron chi connectivity index (χ3n) is 3.47. The van der Waals surface area contributed by atoms with Crippen LogP contribution in [0.4, 0.5) is 0 Å². The lowest BCUT2D eigenvalue weighted by Gasteiger charge is -2.46. The molecule has 104 valence electrons. The molecule has 2 heterocycles. The summed E-state index contributed by atoms with van der Waals surface area (Å²) in [6.07, 6.45) is 0.736. The Morgan fingerprint density at radius 2 is 2.16 bits per heavy atom. The molecule has 0 saturated carbocycles. The summed E-state index contributed by atoms with van der Waals surface area (Å²) in [5.74, 6) is -1.29. The number of carboxylic acid groups (broad SMARTS) is 1. The fourth-order valence-electron chi connectivity index (χ4n) is 2.73. The van der Waals surface area contributed by atoms with Crippen LogP contribution < -0.4 is 0 Å². The summed E-state index contributed by atoms with van der Waals surface area (Å²) in [7, 11) is 0. The molecule has 1 saturated heterocycles. The number of thiophene rings is 1. The molecule has 1 aliphatic heterocycles. The molecule has 1 N–H and O–H groups in total. The standard InChI is InChI=1S/C14H19NO3S/c1-14(2,3)15-11(16)7-6-9(13(17)18)12(15)10-5-4-8-19-10/h4-5,8-9,12H,6-7H2,1-3H3,(H,17,18). The summed E-state index contributed by atoms with van der Waals surface area (Å²) in [6, 6.07) is 3.47. The number of aliphatic carboxylic acids is 1. The van der Waals surface area contributed by atoms with Crippen LogP contribution in [-0.2, 0) is 9.59 Å². The van der Waals surface area contributed by atoms with Gasteiger partial charge in [-0.1, -0.05) is 6.07 Å². The van der Waals surface area contributed by atoms with E-state index in [1.54, 1.807) is 4.90 Å². The predicted octanol–water partition coefficient (Wildman–Crippen LogP) is 2.91. The lowest BCUT2D eigenvalue weighted by molar-refractivity contribution is -0.156. The first-order valence-electron chi connectivity index (χ1n) is 6.40. The number of nitrogens with zero attached hydrogens (tertiary/aromatic N) is 1. The van der Waals surface area contributed by atoms with E-state index in [0.717, 1.165) is 4.88 Å². The molecular weight excluding hydrogens is 262 g/mol. The summed E-state index contributed by atoms with van der Waals surface area (Å²) >= 11 is 1.52. The molecular formula is C14H19NO3S. The average molecular weight is 281 g/mol. The van der Waals surface area contributed by atoms with E-state index in [9.17, 15) is 14.7 Å². The Balaban J connectivity index is 2.47. The third kappa shape index (κ3) is 2.66. The Kier molecular flexibility index (Phi) is 3.67. The van der Waals surface area contributed by atoms with Crippen LogP contribution >= 0.6 is 11.3 Å². The van der Waals surface area contributed by atoms with Crippen LogP contribution in [0.15, 0.2) is 17.5 Å². The van der Waals surface area contributed by atoms with Crippen LogP contribution in [0.2, 0.25) is 0 Å². The van der Waals surface area contributed by atoms with Crippen molar-refractivity contribution in [1.29, 1.82) is 0 Å². The minimum Gasteiger partial charge on any atom is -0.481 e. The molecule has 0 bridgehead atoms. The van der Waals surface area contributed by atoms with Crippen molar-refractivity contribution >= 4 is 23.2 Å². The van der Waals surface area contributed by atoms with Crippen LogP contribution in [-0.4, -0.2) is 27.4 Å². The molecule has 19 heavy (non-hydrogen) atoms. The largest absolute Gasteiger partial charge is 0.481 e. The van der Waals surface area contributed by atoms with Gasteiger partial charge in [0.2, 0.25) is 5.91 Å². The maximum absolute atomic E-state index is 12.3. The zero-order valence-corrected chi connectivity index (χ0v) is 12.2. The number of hydrogen-bond acceptors (Lipinski definition) is 3. The van der Waals surface area contributed by atoms with Gasteiger partial charge in [-0.25, -0.2) is 0 Å². The summed E-state index contributed by atoms with van der Waals surface area (Å²) in [6.45, 7) is 5.86. The number of carbonyl (C=O) groups excluding carboxylic acids is 1. The molecule has 2 unspecified atom stereocenters. The van der Waals surface area contributed by atoms with E-state index >= 15 is 0 Å². The van der Waals surface area contributed by atoms with Crippen LogP contribution in [0.5, 0.6) is 0 Å². The molecule has 1 amide bonds. The fourth-order valence-corrected chi connectivity index (χ4v) is 3.61. The van der Waals surface area contributed by atoms with Gasteiger partial charge >= 0.3 is 5.97 Å². The number of carboxylic acids is 1. The second-order valence-corrected chi connectivity index (χ2v) is 6.86. The predicted molar refractivity (Wildman–Crippen MR) is 74.0 cm³/mol. The molecule has 5 heteroatoms. The summed E-state index contributed by atoms with van der Waals surface area (Å²) in [4.78, 5) is 26.5. The smallest absolute Gasteiger partial charge is 0.308 e. The summed E-state index contributed by atoms with van der Waals surface area (Å²) < 4.78 is 0. The molecule has 1 aliphatic rings. The van der Waals surface area contributed by atoms with Crippen LogP contribution in [0, 0.1) is 5.92 Å². The summed E-state index contributed by atoms with van der Waals surface area (Å²) in [5.41, 5.74) is -0.375. The molecule has 4 nitrogen and oxygen atoms in total. The van der Waals surface area contributed by atoms with Crippen LogP contribution in [0.1, 0.15) is 44.5 Å². The number of piperidine rings is 1. The lowest BCUT2D eigenvalue weighted by Crippen LogP contribution is -2.53. The van der Waals surface area contributed by atoms with E-state index in [-0.39, 0.29) is 17.5 Å². The van der Waals surface area contributed by atoms with E-state index in [1.807, 2.05) is 38.3 Å². The zero-order valence-electron chi connectivity index (χ0n) is 11.4. The van der Waals surface area contributed by atoms with Crippen LogP contribution in [0.25, 0.3) is 0 Å². The number of likely N-dealkylation sites (tertiary alicyclic amines) is 1. The van der Waals surface area contributed by atoms with E-state index in [4.69, 9.17) is 0 Å². The van der Waals surface area contributed by atoms with Gasteiger partial charge in [0, 0.05) is 16.8 Å². The van der Waals surface area contributed by atoms with E-state index in [2.05, 4.69) is 0 Å². The first-order chi connectivity index (χ1) is 8.82. The van der Waals surface area contributed by atoms with Gasteiger partial charge in [-0.15, -0.1) is 11.3 Å². The third-order valence-corrected chi connectivity index (χ3v) is 4.41. The minimum atomic E-state index is -0.819. The van der Waals surface area contributed by atoms with Gasteiger partial charge in [0.15, 0.2) is 0 Å². The Bertz CT molecular complexity index is 475. The van der Waals surface area contributed by atoms with Gasteiger partial charge < -0.3 is 10.0 Å². The number of amides is 1. The highest BCUT2D eigenvalue weighted by atomic mass is 32.1. The van der Waals surface area contributed by atoms with Gasteiger partial charge in [0.1, 0.15) is 0 Å². The highest BCUT2D eigenvalue weighted by Crippen LogP contribution is 2.42. The van der Waals surface area contributed by atoms with Crippen molar-refractivity contribution in [2.75, 3.05) is 0 Å². The highest BCUT2D eigenvalue weighted by molar-refractivity contribution is 7.10. The lowest BCUT2D eigenvalue weighted by atomic mass is 9.84. The van der Waals surface area contributed by atoms with Crippen molar-refractivity contribution < 1.29 is 14.7 Å². The summed E-state index contributed by atoms with van der Waals surface area (Å²) in [5, 5.41) is 11.4. The van der Waals surface area contributed by atoms with Crippen molar-refractivity contribution in [2.24, 2.45) is 5.92 Å². The van der Waals surface area contributed by atoms with Gasteiger partial charge in [0.25, 0.3) is 0 Å². The molecule has 1 aromatic rings. The first kappa shape index (κ1) is 14.1. The first-order valence-corrected chi connectivity index (χ1v) is 7.28. The molecule has 0 spiro atoms. The Morgan fingerprint density at radius 3 is 2.63 bits per heavy atom. The second-order valence-electron chi connectivity index (χ2n) is 5.88. The number of rotatable bonds is 2. The topological polar surface area (TPSA) is 57.6 Å². The van der Waals surface area contributed by atoms with E-state index in [1.165, 1.54) is 11.3 Å². The molecule has 1 fully saturated rings. The minimum absolute atomic E-state index is 0.0448. The fraction of sp³-hybridized carbons (Fsp3) is 0.571. The van der Waals surface area contributed by atoms with Crippen molar-refractivity contribution in [3.8, 4) is 0 Å². The zero-order chi connectivity index (χ0) is 14.2. The van der Waals surface area contributed by atoms with Gasteiger partial charge in [-0.3, -0.25) is 9.59 Å². The molecule has 0 aromatic carbocycles. The number of hydrogen-bond donors (Lipinski definition) is 1. The van der Waals surface area contributed by atoms with Crippen molar-refractivity contribution in [2.45, 2.75) is 45.2 Å². The van der Waals surface area contributed by atoms with Crippen molar-refractivity contribution in [1.82, 2.24) is 4.90 Å². The Labute approximate surface area is 117 Å². The van der Waals surface area contributed by atoms with Gasteiger partial charge in [-0.2, -0.15) is 0 Å². The SMILES string of the molecule is CC(C)(C)N1C(=O)CCC(C(=O)O)C1c1cccs1. The molecule has 1 aromatic heterocycles. The maximum Gasteiger partial charge on any atom is 0.308 e. The van der Waals surface area contributed by atoms with Gasteiger partial charge in [0.05, 0.1) is 12.0 Å². The quantitative estimate of drug-likeness (QED) is 0.906. The molecule has 0 aliphatic carbocycles. The van der Waals surface area contributed by atoms with Crippen LogP contribution in [0.3, 0.4) is 0 Å². The van der Waals surface area contributed by atoms with Crippen molar-refractivity contribution in [3.05, 3.63) is 22.4 Å². The maximum atomic E-state index is 12.3. The highest BCUT2D eigenvalue weighted by Gasteiger charge is 2.45. The van der Waals surface area contributed by atoms with E-state index < -0.39 is 11.9 Å². The van der Waals surface area contributed by atoms with Crippen molar-refractivity contribution in [3.63, 3.8) is 0 Å². The Morgan fingerprint density at radius 1 is 1.47 bits per heavy atom. The van der Waals surface area contributed by atoms with Gasteiger partial charge in [-0.05, 0) is 38.6 Å². The Hall–Kier alpha value is -1.36. The monoisotopic (exact) mass is 281 g/mol.